The lowest BCUT2D eigenvalue weighted by molar-refractivity contribution is 0.490. The van der Waals surface area contributed by atoms with Crippen LogP contribution in [0.25, 0.3) is 0 Å². The van der Waals surface area contributed by atoms with Crippen molar-refractivity contribution in [1.82, 2.24) is 0 Å². The molecule has 134 valence electrons. The van der Waals surface area contributed by atoms with Crippen molar-refractivity contribution in [3.8, 4) is 11.5 Å². The molecule has 0 saturated carbocycles. The van der Waals surface area contributed by atoms with Crippen molar-refractivity contribution in [2.24, 2.45) is 0 Å². The quantitative estimate of drug-likeness (QED) is 0.488. The van der Waals surface area contributed by atoms with Gasteiger partial charge in [0, 0.05) is 5.30 Å². The first-order valence-corrected chi connectivity index (χ1v) is 10.8. The molecular formula is C23H25O2P. The lowest BCUT2D eigenvalue weighted by atomic mass is 10.1. The molecule has 0 amide bonds. The van der Waals surface area contributed by atoms with Crippen LogP contribution < -0.4 is 14.4 Å². The number of hydrogen-bond donors (Lipinski definition) is 0. The maximum absolute atomic E-state index is 6.49. The van der Waals surface area contributed by atoms with Crippen molar-refractivity contribution in [3.05, 3.63) is 90.0 Å². The first-order valence-electron chi connectivity index (χ1n) is 9.00. The summed E-state index contributed by atoms with van der Waals surface area (Å²) in [5, 5.41) is 0.983. The largest absolute Gasteiger partial charge is 0.440 e. The van der Waals surface area contributed by atoms with Crippen LogP contribution in [-0.2, 0) is 12.8 Å². The Kier molecular flexibility index (Phi) is 5.85. The molecule has 2 nitrogen and oxygen atoms in total. The zero-order valence-electron chi connectivity index (χ0n) is 15.4. The third kappa shape index (κ3) is 4.03. The minimum atomic E-state index is -2.60. The second-order valence-corrected chi connectivity index (χ2v) is 8.34. The number of para-hydroxylation sites is 2. The van der Waals surface area contributed by atoms with Crippen LogP contribution in [0.2, 0.25) is 0 Å². The summed E-state index contributed by atoms with van der Waals surface area (Å²) < 4.78 is 13.0. The van der Waals surface area contributed by atoms with E-state index in [4.69, 9.17) is 9.05 Å². The molecule has 0 saturated heterocycles. The summed E-state index contributed by atoms with van der Waals surface area (Å²) in [6.07, 6.45) is 6.25. The summed E-state index contributed by atoms with van der Waals surface area (Å²) >= 11 is 0. The maximum atomic E-state index is 6.49. The molecule has 0 aliphatic heterocycles. The molecule has 0 heterocycles. The van der Waals surface area contributed by atoms with Gasteiger partial charge in [0.05, 0.1) is 0 Å². The normalized spacial score (nSPS) is 11.2. The van der Waals surface area contributed by atoms with Gasteiger partial charge in [0.2, 0.25) is 7.34 Å². The van der Waals surface area contributed by atoms with E-state index in [9.17, 15) is 0 Å². The summed E-state index contributed by atoms with van der Waals surface area (Å²) in [4.78, 5) is 0. The van der Waals surface area contributed by atoms with Crippen molar-refractivity contribution >= 4 is 18.9 Å². The molecule has 3 aromatic rings. The molecular weight excluding hydrogens is 339 g/mol. The number of aryl methyl sites for hydroxylation is 2. The van der Waals surface area contributed by atoms with Crippen molar-refractivity contribution in [2.45, 2.75) is 26.7 Å². The fourth-order valence-corrected chi connectivity index (χ4v) is 4.73. The summed E-state index contributed by atoms with van der Waals surface area (Å²) in [6.45, 7) is 4.25. The molecule has 0 unspecified atom stereocenters. The molecule has 3 heteroatoms. The van der Waals surface area contributed by atoms with E-state index in [0.29, 0.717) is 0 Å². The van der Waals surface area contributed by atoms with Gasteiger partial charge < -0.3 is 9.05 Å². The van der Waals surface area contributed by atoms with Gasteiger partial charge in [-0.05, 0) is 54.5 Å². The van der Waals surface area contributed by atoms with Crippen molar-refractivity contribution in [3.63, 3.8) is 0 Å². The van der Waals surface area contributed by atoms with Gasteiger partial charge in [-0.2, -0.15) is 0 Å². The number of benzene rings is 3. The van der Waals surface area contributed by atoms with Crippen LogP contribution >= 0.6 is 7.34 Å². The lowest BCUT2D eigenvalue weighted by Gasteiger charge is -2.28. The summed E-state index contributed by atoms with van der Waals surface area (Å²) in [5.41, 5.74) is 2.31. The van der Waals surface area contributed by atoms with E-state index in [1.54, 1.807) is 0 Å². The standard InChI is InChI=1S/C23H25O2P/c1-4-19-13-9-11-17-22(19)24-26(3,21-15-7-6-8-16-21)25-23-18-12-10-14-20(23)5-2/h6-18H,3-5H2,1-2H3. The van der Waals surface area contributed by atoms with E-state index in [2.05, 4.69) is 32.3 Å². The van der Waals surface area contributed by atoms with Gasteiger partial charge in [-0.1, -0.05) is 68.4 Å². The zero-order valence-corrected chi connectivity index (χ0v) is 16.3. The molecule has 26 heavy (non-hydrogen) atoms. The highest BCUT2D eigenvalue weighted by atomic mass is 31.2. The average molecular weight is 364 g/mol. The Balaban J connectivity index is 2.04. The van der Waals surface area contributed by atoms with E-state index in [0.717, 1.165) is 40.8 Å². The monoisotopic (exact) mass is 364 g/mol. The second-order valence-electron chi connectivity index (χ2n) is 6.11. The second kappa shape index (κ2) is 8.29. The van der Waals surface area contributed by atoms with Crippen molar-refractivity contribution in [2.75, 3.05) is 0 Å². The van der Waals surface area contributed by atoms with Gasteiger partial charge in [-0.25, -0.2) is 0 Å². The Bertz CT molecular complexity index is 849. The Morgan fingerprint density at radius 1 is 0.654 bits per heavy atom. The fourth-order valence-electron chi connectivity index (χ4n) is 2.87. The Morgan fingerprint density at radius 2 is 1.08 bits per heavy atom. The predicted molar refractivity (Wildman–Crippen MR) is 113 cm³/mol. The van der Waals surface area contributed by atoms with E-state index in [1.807, 2.05) is 66.7 Å². The van der Waals surface area contributed by atoms with Crippen LogP contribution in [0, 0.1) is 0 Å². The molecule has 0 aliphatic carbocycles. The molecule has 0 atom stereocenters. The van der Waals surface area contributed by atoms with Crippen LogP contribution in [0.15, 0.2) is 78.9 Å². The molecule has 0 fully saturated rings. The number of rotatable bonds is 7. The molecule has 0 spiro atoms. The average Bonchev–Trinajstić information content (AvgIpc) is 2.69. The van der Waals surface area contributed by atoms with Crippen LogP contribution in [0.1, 0.15) is 25.0 Å². The zero-order chi connectivity index (χ0) is 18.4. The minimum Gasteiger partial charge on any atom is -0.440 e. The Hall–Kier alpha value is -2.44. The SMILES string of the molecule is C=P(Oc1ccccc1CC)(Oc1ccccc1CC)c1ccccc1. The van der Waals surface area contributed by atoms with E-state index >= 15 is 0 Å². The van der Waals surface area contributed by atoms with Gasteiger partial charge >= 0.3 is 0 Å². The van der Waals surface area contributed by atoms with E-state index in [-0.39, 0.29) is 0 Å². The fraction of sp³-hybridized carbons (Fsp3) is 0.174. The smallest absolute Gasteiger partial charge is 0.245 e. The Labute approximate surface area is 156 Å². The van der Waals surface area contributed by atoms with Crippen LogP contribution in [0.3, 0.4) is 0 Å². The van der Waals surface area contributed by atoms with Crippen LogP contribution in [0.4, 0.5) is 0 Å². The highest BCUT2D eigenvalue weighted by Gasteiger charge is 2.24. The van der Waals surface area contributed by atoms with Crippen molar-refractivity contribution in [1.29, 1.82) is 0 Å². The van der Waals surface area contributed by atoms with Gasteiger partial charge in [-0.3, -0.25) is 0 Å². The minimum absolute atomic E-state index is 0.844. The molecule has 3 rings (SSSR count). The molecule has 0 aromatic heterocycles. The molecule has 0 aliphatic rings. The van der Waals surface area contributed by atoms with Crippen LogP contribution in [0.5, 0.6) is 11.5 Å². The summed E-state index contributed by atoms with van der Waals surface area (Å²) in [5.74, 6) is 1.69. The van der Waals surface area contributed by atoms with E-state index in [1.165, 1.54) is 0 Å². The lowest BCUT2D eigenvalue weighted by Crippen LogP contribution is -2.16. The first-order chi connectivity index (χ1) is 12.7. The summed E-state index contributed by atoms with van der Waals surface area (Å²) in [6, 6.07) is 26.3. The topological polar surface area (TPSA) is 18.5 Å². The number of hydrogen-bond acceptors (Lipinski definition) is 2. The van der Waals surface area contributed by atoms with Gasteiger partial charge in [0.15, 0.2) is 0 Å². The van der Waals surface area contributed by atoms with Gasteiger partial charge in [0.1, 0.15) is 11.5 Å². The van der Waals surface area contributed by atoms with Crippen molar-refractivity contribution < 1.29 is 9.05 Å². The molecule has 0 radical (unpaired) electrons. The first kappa shape index (κ1) is 18.4. The van der Waals surface area contributed by atoms with Gasteiger partial charge in [0.25, 0.3) is 0 Å². The molecule has 0 N–H and O–H groups in total. The third-order valence-corrected chi connectivity index (χ3v) is 6.42. The third-order valence-electron chi connectivity index (χ3n) is 4.35. The predicted octanol–water partition coefficient (Wildman–Crippen LogP) is 5.87. The molecule has 3 aromatic carbocycles. The van der Waals surface area contributed by atoms with Gasteiger partial charge in [-0.15, -0.1) is 0 Å². The molecule has 0 bridgehead atoms. The van der Waals surface area contributed by atoms with E-state index < -0.39 is 7.34 Å². The maximum Gasteiger partial charge on any atom is 0.245 e. The van der Waals surface area contributed by atoms with Crippen LogP contribution in [-0.4, -0.2) is 6.30 Å². The highest BCUT2D eigenvalue weighted by Crippen LogP contribution is 2.48. The highest BCUT2D eigenvalue weighted by molar-refractivity contribution is 7.72. The summed E-state index contributed by atoms with van der Waals surface area (Å²) in [7, 11) is -2.60. The Morgan fingerprint density at radius 3 is 1.54 bits per heavy atom.